The number of anilines is 1. The Hall–Kier alpha value is -5.51. The van der Waals surface area contributed by atoms with Crippen molar-refractivity contribution in [3.63, 3.8) is 0 Å². The maximum atomic E-state index is 16.6. The molecule has 4 aromatic rings. The minimum Gasteiger partial charge on any atom is -0.465 e. The number of thiophene rings is 1. The molecule has 15 nitrogen and oxygen atoms in total. The molecule has 3 saturated heterocycles. The van der Waals surface area contributed by atoms with E-state index in [1.165, 1.54) is 42.3 Å². The highest BCUT2D eigenvalue weighted by Crippen LogP contribution is 2.58. The van der Waals surface area contributed by atoms with Gasteiger partial charge in [-0.3, -0.25) is 33.5 Å². The van der Waals surface area contributed by atoms with Gasteiger partial charge in [0.15, 0.2) is 0 Å². The van der Waals surface area contributed by atoms with Gasteiger partial charge in [-0.25, -0.2) is 24.1 Å². The lowest BCUT2D eigenvalue weighted by atomic mass is 9.99. The molecule has 1 spiro atoms. The lowest BCUT2D eigenvalue weighted by molar-refractivity contribution is -0.147. The fourth-order valence-electron chi connectivity index (χ4n) is 8.67. The number of rotatable bonds is 13. The van der Waals surface area contributed by atoms with E-state index in [9.17, 15) is 33.3 Å². The van der Waals surface area contributed by atoms with E-state index in [0.717, 1.165) is 27.6 Å². The van der Waals surface area contributed by atoms with Gasteiger partial charge in [0.05, 0.1) is 23.4 Å². The molecule has 326 valence electrons. The molecule has 2 unspecified atom stereocenters. The Labute approximate surface area is 361 Å². The van der Waals surface area contributed by atoms with Crippen LogP contribution in [0, 0.1) is 6.92 Å². The molecule has 6 amide bonds. The monoisotopic (exact) mass is 886 g/mol. The van der Waals surface area contributed by atoms with Crippen LogP contribution < -0.4 is 19.8 Å². The molecular weight excluding hydrogens is 839 g/mol. The van der Waals surface area contributed by atoms with Crippen LogP contribution in [0.5, 0.6) is 5.75 Å². The lowest BCUT2D eigenvalue weighted by Gasteiger charge is -2.36. The minimum absolute atomic E-state index is 0.0148. The van der Waals surface area contributed by atoms with Crippen LogP contribution in [0.25, 0.3) is 10.1 Å². The van der Waals surface area contributed by atoms with E-state index in [4.69, 9.17) is 9.26 Å². The summed E-state index contributed by atoms with van der Waals surface area (Å²) in [5, 5.41) is 5.94. The van der Waals surface area contributed by atoms with Crippen LogP contribution >= 0.6 is 18.9 Å². The Kier molecular flexibility index (Phi) is 12.1. The molecular formula is C44H48FN6O9PS. The quantitative estimate of drug-likeness (QED) is 0.0778. The normalized spacial score (nSPS) is 22.7. The summed E-state index contributed by atoms with van der Waals surface area (Å²) in [5.41, 5.74) is -0.343. The molecule has 1 saturated carbocycles. The first-order valence-corrected chi connectivity index (χ1v) is 23.5. The highest BCUT2D eigenvalue weighted by atomic mass is 32.1. The van der Waals surface area contributed by atoms with Gasteiger partial charge in [0.2, 0.25) is 11.8 Å². The number of para-hydroxylation sites is 1. The summed E-state index contributed by atoms with van der Waals surface area (Å²) in [4.78, 5) is 91.2. The van der Waals surface area contributed by atoms with Gasteiger partial charge in [0.25, 0.3) is 17.7 Å². The summed E-state index contributed by atoms with van der Waals surface area (Å²) in [5.74, 6) is -4.86. The first-order chi connectivity index (χ1) is 29.8. The van der Waals surface area contributed by atoms with Crippen molar-refractivity contribution in [3.8, 4) is 5.75 Å². The van der Waals surface area contributed by atoms with E-state index in [0.29, 0.717) is 72.7 Å². The number of amides is 6. The Bertz CT molecular complexity index is 2480. The van der Waals surface area contributed by atoms with Gasteiger partial charge < -0.3 is 19.5 Å². The number of benzene rings is 2. The summed E-state index contributed by atoms with van der Waals surface area (Å²) in [6, 6.07) is 11.6. The first kappa shape index (κ1) is 43.2. The van der Waals surface area contributed by atoms with Crippen molar-refractivity contribution in [2.75, 3.05) is 11.5 Å². The minimum atomic E-state index is -4.49. The second-order valence-corrected chi connectivity index (χ2v) is 19.5. The highest BCUT2D eigenvalue weighted by Gasteiger charge is 2.68. The number of aryl methyl sites for hydroxylation is 1. The summed E-state index contributed by atoms with van der Waals surface area (Å²) in [6.07, 6.45) is 7.44. The molecule has 5 heterocycles. The molecule has 2 aromatic carbocycles. The first-order valence-electron chi connectivity index (χ1n) is 21.0. The van der Waals surface area contributed by atoms with Gasteiger partial charge >= 0.3 is 19.5 Å². The van der Waals surface area contributed by atoms with Gasteiger partial charge in [0.1, 0.15) is 29.4 Å². The Morgan fingerprint density at radius 3 is 2.50 bits per heavy atom. The number of carbonyl (C=O) groups excluding carboxylic acids is 6. The molecule has 62 heavy (non-hydrogen) atoms. The number of nitrogens with zero attached hydrogens (tertiary/aromatic N) is 4. The van der Waals surface area contributed by atoms with Crippen LogP contribution in [0.2, 0.25) is 0 Å². The fraction of sp³-hybridized carbons (Fsp3) is 0.432. The number of urea groups is 1. The largest absolute Gasteiger partial charge is 0.465 e. The van der Waals surface area contributed by atoms with E-state index in [-0.39, 0.29) is 28.8 Å². The van der Waals surface area contributed by atoms with Gasteiger partial charge in [-0.05, 0) is 112 Å². The third-order valence-electron chi connectivity index (χ3n) is 12.0. The van der Waals surface area contributed by atoms with Crippen molar-refractivity contribution in [2.45, 2.75) is 114 Å². The molecule has 0 radical (unpaired) electrons. The number of nitrogens with one attached hydrogen (secondary N) is 2. The zero-order valence-corrected chi connectivity index (χ0v) is 36.3. The molecule has 3 aliphatic heterocycles. The van der Waals surface area contributed by atoms with E-state index in [2.05, 4.69) is 15.4 Å². The number of pyridine rings is 1. The Morgan fingerprint density at radius 1 is 1.02 bits per heavy atom. The summed E-state index contributed by atoms with van der Waals surface area (Å²) < 4.78 is 42.4. The predicted molar refractivity (Wildman–Crippen MR) is 228 cm³/mol. The number of ether oxygens (including phenoxy) is 1. The van der Waals surface area contributed by atoms with Crippen molar-refractivity contribution in [1.82, 2.24) is 25.2 Å². The van der Waals surface area contributed by atoms with Crippen molar-refractivity contribution < 1.29 is 47.0 Å². The zero-order valence-electron chi connectivity index (χ0n) is 34.6. The van der Waals surface area contributed by atoms with E-state index in [1.807, 2.05) is 6.92 Å². The molecule has 0 bridgehead atoms. The molecule has 4 fully saturated rings. The number of imide groups is 2. The van der Waals surface area contributed by atoms with Crippen LogP contribution in [0.15, 0.2) is 73.1 Å². The van der Waals surface area contributed by atoms with E-state index < -0.39 is 72.7 Å². The van der Waals surface area contributed by atoms with Crippen LogP contribution in [0.4, 0.5) is 14.9 Å². The van der Waals surface area contributed by atoms with Crippen LogP contribution in [0.1, 0.15) is 98.3 Å². The van der Waals surface area contributed by atoms with Gasteiger partial charge in [-0.15, -0.1) is 11.3 Å². The highest BCUT2D eigenvalue weighted by molar-refractivity contribution is 7.57. The number of halogens is 1. The fourth-order valence-corrected chi connectivity index (χ4v) is 11.5. The Morgan fingerprint density at radius 2 is 1.77 bits per heavy atom. The van der Waals surface area contributed by atoms with E-state index >= 15 is 4.39 Å². The van der Waals surface area contributed by atoms with Gasteiger partial charge in [0, 0.05) is 16.9 Å². The van der Waals surface area contributed by atoms with Gasteiger partial charge in [-0.2, -0.15) is 0 Å². The SMILES string of the molecule is CCCOC(=O)[C@H](C)NP(=O)(Oc1ccccc1)[C@@H](F)c1ccc2sc(C(=O)NC3CCCC[C@H]4CC[C@@H](C(=O)N5C(=O)N(c6cnccc6C)C(=O)C56CC6)N4C3=O)cc2c1. The summed E-state index contributed by atoms with van der Waals surface area (Å²) in [6.45, 7) is 5.14. The van der Waals surface area contributed by atoms with Crippen molar-refractivity contribution >= 4 is 70.3 Å². The van der Waals surface area contributed by atoms with E-state index in [1.54, 1.807) is 49.5 Å². The summed E-state index contributed by atoms with van der Waals surface area (Å²) >= 11 is 1.13. The van der Waals surface area contributed by atoms with Gasteiger partial charge in [-0.1, -0.05) is 44.0 Å². The average Bonchev–Trinajstić information content (AvgIpc) is 3.66. The molecule has 6 atom stereocenters. The van der Waals surface area contributed by atoms with Crippen LogP contribution in [0.3, 0.4) is 0 Å². The molecule has 4 aliphatic rings. The molecule has 1 aliphatic carbocycles. The number of esters is 1. The number of alkyl halides is 1. The molecule has 2 N–H and O–H groups in total. The predicted octanol–water partition coefficient (Wildman–Crippen LogP) is 7.34. The van der Waals surface area contributed by atoms with Crippen molar-refractivity contribution in [1.29, 1.82) is 0 Å². The smallest absolute Gasteiger partial charge is 0.355 e. The van der Waals surface area contributed by atoms with Crippen LogP contribution in [-0.2, 0) is 28.5 Å². The molecule has 2 aromatic heterocycles. The number of aromatic nitrogens is 1. The lowest BCUT2D eigenvalue weighted by Crippen LogP contribution is -2.58. The number of carbonyl (C=O) groups is 6. The third-order valence-corrected chi connectivity index (χ3v) is 15.3. The third kappa shape index (κ3) is 8.01. The van der Waals surface area contributed by atoms with Crippen LogP contribution in [-0.4, -0.2) is 86.7 Å². The number of fused-ring (bicyclic) bond motifs is 2. The summed E-state index contributed by atoms with van der Waals surface area (Å²) in [7, 11) is -4.49. The van der Waals surface area contributed by atoms with Crippen molar-refractivity contribution in [2.24, 2.45) is 0 Å². The average molecular weight is 887 g/mol. The second-order valence-electron chi connectivity index (χ2n) is 16.4. The standard InChI is InChI=1S/C44H48FN6O9PS/c1-4-22-59-41(55)27(3)48-61(58,60-31-11-6-5-7-12-31)37(45)28-14-17-35-29(23-28)24-36(62-35)38(52)47-32-13-9-8-10-30-15-16-33(49(30)39(32)53)40(54)51-43(57)50(42(56)44(51)19-20-44)34-25-46-21-18-26(34)2/h5-7,11-12,14,17-18,21,23-25,27,30,32-33,37H,4,8-10,13,15-16,19-20,22H2,1-3H3,(H,47,52)(H,48,58)/t27-,30-,32?,33-,37+,61?/m0/s1. The molecule has 18 heteroatoms. The Balaban J connectivity index is 1.000. The second kappa shape index (κ2) is 17.3. The maximum Gasteiger partial charge on any atom is 0.355 e. The van der Waals surface area contributed by atoms with Crippen molar-refractivity contribution in [3.05, 3.63) is 89.1 Å². The zero-order chi connectivity index (χ0) is 43.9. The topological polar surface area (TPSA) is 185 Å². The number of hydrogen-bond acceptors (Lipinski definition) is 11. The molecule has 8 rings (SSSR count). The maximum absolute atomic E-state index is 16.6. The number of hydrogen-bond donors (Lipinski definition) is 2.